The Hall–Kier alpha value is -3.96. The quantitative estimate of drug-likeness (QED) is 0.128. The van der Waals surface area contributed by atoms with Crippen molar-refractivity contribution < 1.29 is 19.1 Å². The van der Waals surface area contributed by atoms with Crippen LogP contribution in [0, 0.1) is 10.1 Å². The van der Waals surface area contributed by atoms with E-state index in [1.807, 2.05) is 19.9 Å². The van der Waals surface area contributed by atoms with E-state index in [1.54, 1.807) is 30.3 Å². The van der Waals surface area contributed by atoms with Gasteiger partial charge in [-0.2, -0.15) is 9.78 Å². The molecule has 0 saturated heterocycles. The van der Waals surface area contributed by atoms with Gasteiger partial charge < -0.3 is 14.2 Å². The minimum absolute atomic E-state index is 0.00355. The van der Waals surface area contributed by atoms with E-state index in [1.165, 1.54) is 23.0 Å². The molecule has 0 bridgehead atoms. The summed E-state index contributed by atoms with van der Waals surface area (Å²) in [5, 5.41) is 16.8. The Kier molecular flexibility index (Phi) is 7.53. The standard InChI is InChI=1S/C27H22BrClN4O6/c1-3-15(2)26-31-21-6-5-18(28)10-20(21)27(34)32(26)30-12-17-9-19(29)11-22(33(35)36)25(17)37-13-16-4-7-23-24(8-16)39-14-38-23/h4-12,15H,3,13-14H2,1-2H3/t15-/m0/s1. The maximum atomic E-state index is 13.5. The fourth-order valence-corrected chi connectivity index (χ4v) is 4.66. The van der Waals surface area contributed by atoms with Gasteiger partial charge in [0.05, 0.1) is 22.0 Å². The Morgan fingerprint density at radius 3 is 2.79 bits per heavy atom. The summed E-state index contributed by atoms with van der Waals surface area (Å²) in [6.07, 6.45) is 2.04. The minimum Gasteiger partial charge on any atom is -0.481 e. The zero-order valence-corrected chi connectivity index (χ0v) is 23.2. The molecule has 10 nitrogen and oxygen atoms in total. The van der Waals surface area contributed by atoms with Crippen LogP contribution < -0.4 is 19.8 Å². The summed E-state index contributed by atoms with van der Waals surface area (Å²) in [5.41, 5.74) is 0.792. The first kappa shape index (κ1) is 26.6. The first-order valence-corrected chi connectivity index (χ1v) is 13.2. The van der Waals surface area contributed by atoms with Crippen molar-refractivity contribution in [1.82, 2.24) is 9.66 Å². The van der Waals surface area contributed by atoms with E-state index in [9.17, 15) is 14.9 Å². The molecule has 0 radical (unpaired) electrons. The summed E-state index contributed by atoms with van der Waals surface area (Å²) >= 11 is 9.62. The lowest BCUT2D eigenvalue weighted by molar-refractivity contribution is -0.385. The summed E-state index contributed by atoms with van der Waals surface area (Å²) < 4.78 is 18.6. The molecule has 0 N–H and O–H groups in total. The second kappa shape index (κ2) is 11.0. The molecule has 39 heavy (non-hydrogen) atoms. The maximum Gasteiger partial charge on any atom is 0.313 e. The molecular formula is C27H22BrClN4O6. The third-order valence-corrected chi connectivity index (χ3v) is 6.99. The van der Waals surface area contributed by atoms with E-state index in [2.05, 4.69) is 21.0 Å². The largest absolute Gasteiger partial charge is 0.481 e. The zero-order chi connectivity index (χ0) is 27.7. The molecule has 200 valence electrons. The highest BCUT2D eigenvalue weighted by atomic mass is 79.9. The van der Waals surface area contributed by atoms with Crippen molar-refractivity contribution in [2.24, 2.45) is 5.10 Å². The van der Waals surface area contributed by atoms with Crippen molar-refractivity contribution in [3.8, 4) is 17.2 Å². The van der Waals surface area contributed by atoms with Gasteiger partial charge >= 0.3 is 5.69 Å². The number of hydrogen-bond acceptors (Lipinski definition) is 8. The summed E-state index contributed by atoms with van der Waals surface area (Å²) in [5.74, 6) is 1.52. The van der Waals surface area contributed by atoms with Crippen LogP contribution in [0.15, 0.2) is 62.9 Å². The number of nitro benzene ring substituents is 1. The molecule has 3 aromatic carbocycles. The first-order chi connectivity index (χ1) is 18.7. The van der Waals surface area contributed by atoms with Gasteiger partial charge in [-0.1, -0.05) is 47.4 Å². The topological polar surface area (TPSA) is 118 Å². The molecule has 0 unspecified atom stereocenters. The van der Waals surface area contributed by atoms with Crippen LogP contribution in [0.4, 0.5) is 5.69 Å². The van der Waals surface area contributed by atoms with Crippen LogP contribution in [0.1, 0.15) is 43.1 Å². The van der Waals surface area contributed by atoms with Crippen LogP contribution in [0.5, 0.6) is 17.2 Å². The van der Waals surface area contributed by atoms with Crippen molar-refractivity contribution in [2.75, 3.05) is 6.79 Å². The van der Waals surface area contributed by atoms with Gasteiger partial charge in [0.15, 0.2) is 11.5 Å². The normalized spacial score (nSPS) is 13.2. The lowest BCUT2D eigenvalue weighted by Gasteiger charge is -2.14. The predicted molar refractivity (Wildman–Crippen MR) is 150 cm³/mol. The molecule has 5 rings (SSSR count). The van der Waals surface area contributed by atoms with Crippen LogP contribution in [0.3, 0.4) is 0 Å². The van der Waals surface area contributed by atoms with Gasteiger partial charge in [-0.15, -0.1) is 0 Å². The van der Waals surface area contributed by atoms with E-state index in [0.29, 0.717) is 33.8 Å². The molecule has 0 spiro atoms. The van der Waals surface area contributed by atoms with E-state index in [0.717, 1.165) is 10.9 Å². The molecule has 0 amide bonds. The fourth-order valence-electron chi connectivity index (χ4n) is 4.07. The molecule has 0 saturated carbocycles. The average Bonchev–Trinajstić information content (AvgIpc) is 3.39. The Morgan fingerprint density at radius 1 is 1.23 bits per heavy atom. The van der Waals surface area contributed by atoms with E-state index in [4.69, 9.17) is 30.8 Å². The number of aromatic nitrogens is 2. The van der Waals surface area contributed by atoms with Gasteiger partial charge in [-0.3, -0.25) is 14.9 Å². The Labute approximate surface area is 236 Å². The number of ether oxygens (including phenoxy) is 3. The lowest BCUT2D eigenvalue weighted by atomic mass is 10.1. The number of rotatable bonds is 8. The summed E-state index contributed by atoms with van der Waals surface area (Å²) in [6.45, 7) is 4.06. The third kappa shape index (κ3) is 5.45. The highest BCUT2D eigenvalue weighted by Crippen LogP contribution is 2.36. The summed E-state index contributed by atoms with van der Waals surface area (Å²) in [4.78, 5) is 29.5. The second-order valence-corrected chi connectivity index (χ2v) is 10.2. The van der Waals surface area contributed by atoms with E-state index in [-0.39, 0.29) is 46.9 Å². The highest BCUT2D eigenvalue weighted by molar-refractivity contribution is 9.10. The fraction of sp³-hybridized carbons (Fsp3) is 0.222. The van der Waals surface area contributed by atoms with Crippen LogP contribution >= 0.6 is 27.5 Å². The van der Waals surface area contributed by atoms with Gasteiger partial charge in [0, 0.05) is 27.0 Å². The first-order valence-electron chi connectivity index (χ1n) is 12.0. The Bertz CT molecular complexity index is 1690. The smallest absolute Gasteiger partial charge is 0.313 e. The Balaban J connectivity index is 1.58. The summed E-state index contributed by atoms with van der Waals surface area (Å²) in [7, 11) is 0. The highest BCUT2D eigenvalue weighted by Gasteiger charge is 2.22. The lowest BCUT2D eigenvalue weighted by Crippen LogP contribution is -2.23. The van der Waals surface area contributed by atoms with E-state index >= 15 is 0 Å². The molecule has 1 atom stereocenters. The van der Waals surface area contributed by atoms with Crippen molar-refractivity contribution in [2.45, 2.75) is 32.8 Å². The van der Waals surface area contributed by atoms with Gasteiger partial charge in [0.2, 0.25) is 12.5 Å². The maximum absolute atomic E-state index is 13.5. The number of fused-ring (bicyclic) bond motifs is 2. The van der Waals surface area contributed by atoms with Gasteiger partial charge in [-0.05, 0) is 48.4 Å². The summed E-state index contributed by atoms with van der Waals surface area (Å²) in [6, 6.07) is 13.2. The van der Waals surface area contributed by atoms with Crippen LogP contribution in [-0.2, 0) is 6.61 Å². The van der Waals surface area contributed by atoms with Crippen molar-refractivity contribution in [3.05, 3.63) is 95.4 Å². The molecular weight excluding hydrogens is 592 g/mol. The molecule has 12 heteroatoms. The van der Waals surface area contributed by atoms with Gasteiger partial charge in [-0.25, -0.2) is 4.98 Å². The van der Waals surface area contributed by atoms with Crippen molar-refractivity contribution >= 4 is 50.3 Å². The van der Waals surface area contributed by atoms with Crippen LogP contribution in [0.25, 0.3) is 10.9 Å². The molecule has 4 aromatic rings. The van der Waals surface area contributed by atoms with Crippen LogP contribution in [0.2, 0.25) is 5.02 Å². The van der Waals surface area contributed by atoms with Gasteiger partial charge in [0.25, 0.3) is 5.56 Å². The number of benzene rings is 3. The number of nitro groups is 1. The number of nitrogens with zero attached hydrogens (tertiary/aromatic N) is 4. The molecule has 2 heterocycles. The Morgan fingerprint density at radius 2 is 2.03 bits per heavy atom. The van der Waals surface area contributed by atoms with Crippen molar-refractivity contribution in [1.29, 1.82) is 0 Å². The molecule has 1 aliphatic heterocycles. The van der Waals surface area contributed by atoms with E-state index < -0.39 is 4.92 Å². The third-order valence-electron chi connectivity index (χ3n) is 6.28. The SMILES string of the molecule is CC[C@H](C)c1nc2ccc(Br)cc2c(=O)n1N=Cc1cc(Cl)cc([N+](=O)[O-])c1OCc1ccc2c(c1)OCO2. The van der Waals surface area contributed by atoms with Crippen molar-refractivity contribution in [3.63, 3.8) is 0 Å². The second-order valence-electron chi connectivity index (χ2n) is 8.88. The minimum atomic E-state index is -0.579. The predicted octanol–water partition coefficient (Wildman–Crippen LogP) is 6.42. The molecule has 0 fully saturated rings. The molecule has 0 aliphatic carbocycles. The molecule has 1 aliphatic rings. The number of hydrogen-bond donors (Lipinski definition) is 0. The molecule has 1 aromatic heterocycles. The number of halogens is 2. The average molecular weight is 614 g/mol. The monoisotopic (exact) mass is 612 g/mol. The van der Waals surface area contributed by atoms with Crippen LogP contribution in [-0.4, -0.2) is 27.6 Å². The zero-order valence-electron chi connectivity index (χ0n) is 20.9. The van der Waals surface area contributed by atoms with Gasteiger partial charge in [0.1, 0.15) is 12.4 Å².